The van der Waals surface area contributed by atoms with E-state index in [2.05, 4.69) is 19.9 Å². The van der Waals surface area contributed by atoms with Crippen LogP contribution in [0.1, 0.15) is 53.4 Å². The van der Waals surface area contributed by atoms with Gasteiger partial charge < -0.3 is 40.4 Å². The molecule has 0 aliphatic carbocycles. The molecule has 21 heteroatoms. The van der Waals surface area contributed by atoms with Gasteiger partial charge in [-0.15, -0.1) is 0 Å². The summed E-state index contributed by atoms with van der Waals surface area (Å²) in [5, 5.41) is 39.1. The van der Waals surface area contributed by atoms with Crippen LogP contribution in [0.15, 0.2) is 194 Å². The van der Waals surface area contributed by atoms with Crippen LogP contribution in [0, 0.1) is 0 Å². The Morgan fingerprint density at radius 1 is 0.206 bits per heavy atom. The van der Waals surface area contributed by atoms with Gasteiger partial charge in [0.15, 0.2) is 46.6 Å². The first-order valence-corrected chi connectivity index (χ1v) is 32.1. The molecule has 8 aromatic carbocycles. The second-order valence-electron chi connectivity index (χ2n) is 22.5. The molecule has 10 heterocycles. The van der Waals surface area contributed by atoms with E-state index in [1.54, 1.807) is 0 Å². The first-order valence-electron chi connectivity index (χ1n) is 32.1. The van der Waals surface area contributed by atoms with Gasteiger partial charge in [0.2, 0.25) is 0 Å². The number of rotatable bonds is 4. The third-order valence-corrected chi connectivity index (χ3v) is 15.8. The predicted octanol–water partition coefficient (Wildman–Crippen LogP) is 13.8. The van der Waals surface area contributed by atoms with Gasteiger partial charge in [0, 0.05) is 114 Å². The van der Waals surface area contributed by atoms with Crippen molar-refractivity contribution in [2.45, 2.75) is 53.4 Å². The van der Waals surface area contributed by atoms with Crippen LogP contribution < -0.4 is 0 Å². The number of fused-ring (bicyclic) bond motifs is 40. The predicted molar refractivity (Wildman–Crippen MR) is 393 cm³/mol. The van der Waals surface area contributed by atoms with Gasteiger partial charge in [-0.05, 0) is 36.6 Å². The molecular weight excluding hydrogens is 1230 g/mol. The molecule has 20 nitrogen and oxygen atoms in total. The van der Waals surface area contributed by atoms with E-state index >= 15 is 0 Å². The number of nitrogens with one attached hydrogen (secondary N) is 4. The standard InChI is InChI=1S/2C32H18N8.4C3H8O.H4Si/c2*1-2-10-18-17(9-1)25-33-26(18)38-28-21-13-5-6-14-22(21)30(35-28)40-32-24-16-8-7-15-23(24)31(36-32)39-29-20-12-4-3-11-19(20)27(34-29)37-25;4*1-2-3-4;/h2*1-16H,(H2,33,34,35,36,37,38,39,40);4*4H,2-3H2,1H3;1H4. The van der Waals surface area contributed by atoms with E-state index in [1.807, 2.05) is 222 Å². The van der Waals surface area contributed by atoms with E-state index in [0.717, 1.165) is 113 Å². The third kappa shape index (κ3) is 13.2. The molecule has 6 aromatic heterocycles. The van der Waals surface area contributed by atoms with E-state index in [1.165, 1.54) is 0 Å². The summed E-state index contributed by atoms with van der Waals surface area (Å²) < 4.78 is 0. The minimum atomic E-state index is 0. The van der Waals surface area contributed by atoms with Crippen molar-refractivity contribution in [3.63, 3.8) is 0 Å². The van der Waals surface area contributed by atoms with Crippen molar-refractivity contribution < 1.29 is 20.4 Å². The summed E-state index contributed by atoms with van der Waals surface area (Å²) in [6.45, 7) is 9.00. The van der Waals surface area contributed by atoms with Crippen LogP contribution in [0.2, 0.25) is 0 Å². The summed E-state index contributed by atoms with van der Waals surface area (Å²) in [6, 6.07) is 64.5. The minimum Gasteiger partial charge on any atom is -0.396 e. The Bertz CT molecular complexity index is 4560. The van der Waals surface area contributed by atoms with Gasteiger partial charge in [0.25, 0.3) is 0 Å². The average molecular weight is 1300 g/mol. The number of aromatic nitrogens is 16. The van der Waals surface area contributed by atoms with Gasteiger partial charge >= 0.3 is 0 Å². The Morgan fingerprint density at radius 2 is 0.320 bits per heavy atom. The molecule has 97 heavy (non-hydrogen) atoms. The van der Waals surface area contributed by atoms with Gasteiger partial charge in [-0.3, -0.25) is 0 Å². The lowest BCUT2D eigenvalue weighted by Gasteiger charge is -1.96. The highest BCUT2D eigenvalue weighted by atomic mass is 28.1. The van der Waals surface area contributed by atoms with Crippen LogP contribution in [-0.2, 0) is 0 Å². The first kappa shape index (κ1) is 65.6. The normalized spacial score (nSPS) is 11.1. The zero-order chi connectivity index (χ0) is 66.1. The molecule has 484 valence electrons. The van der Waals surface area contributed by atoms with Crippen LogP contribution in [0.5, 0.6) is 0 Å². The maximum atomic E-state index is 7.88. The van der Waals surface area contributed by atoms with Crippen LogP contribution in [0.3, 0.4) is 0 Å². The number of hydrogen-bond acceptors (Lipinski definition) is 16. The Morgan fingerprint density at radius 3 is 0.433 bits per heavy atom. The largest absolute Gasteiger partial charge is 0.396 e. The Hall–Kier alpha value is -11.5. The summed E-state index contributed by atoms with van der Waals surface area (Å²) in [5.74, 6) is 4.78. The Kier molecular flexibility index (Phi) is 20.2. The fourth-order valence-corrected chi connectivity index (χ4v) is 11.2. The first-order chi connectivity index (χ1) is 47.3. The molecule has 0 radical (unpaired) electrons. The zero-order valence-corrected chi connectivity index (χ0v) is 53.3. The maximum absolute atomic E-state index is 7.88. The second-order valence-corrected chi connectivity index (χ2v) is 22.5. The quantitative estimate of drug-likeness (QED) is 0.0760. The molecule has 4 aliphatic rings. The maximum Gasteiger partial charge on any atom is 0.164 e. The van der Waals surface area contributed by atoms with Crippen molar-refractivity contribution in [1.82, 2.24) is 79.7 Å². The summed E-state index contributed by atoms with van der Waals surface area (Å²) >= 11 is 0. The smallest absolute Gasteiger partial charge is 0.164 e. The van der Waals surface area contributed by atoms with Gasteiger partial charge in [0.05, 0.1) is 0 Å². The summed E-state index contributed by atoms with van der Waals surface area (Å²) in [5.41, 5.74) is 12.9. The molecular formula is C76H72N16O4Si. The van der Waals surface area contributed by atoms with Crippen molar-refractivity contribution >= 4 is 99.2 Å². The number of H-pyrrole nitrogens is 4. The highest BCUT2D eigenvalue weighted by Crippen LogP contribution is 2.39. The van der Waals surface area contributed by atoms with Crippen LogP contribution in [-0.4, -0.2) is 138 Å². The fourth-order valence-electron chi connectivity index (χ4n) is 11.2. The minimum absolute atomic E-state index is 0. The zero-order valence-electron chi connectivity index (χ0n) is 53.3. The highest BCUT2D eigenvalue weighted by Gasteiger charge is 2.24. The van der Waals surface area contributed by atoms with E-state index < -0.39 is 0 Å². The lowest BCUT2D eigenvalue weighted by atomic mass is 10.1. The number of aliphatic hydroxyl groups is 4. The molecule has 0 unspecified atom stereocenters. The summed E-state index contributed by atoms with van der Waals surface area (Å²) in [6.07, 6.45) is 3.50. The molecule has 0 atom stereocenters. The van der Waals surface area contributed by atoms with Crippen molar-refractivity contribution in [1.29, 1.82) is 0 Å². The lowest BCUT2D eigenvalue weighted by molar-refractivity contribution is 0.294. The summed E-state index contributed by atoms with van der Waals surface area (Å²) in [7, 11) is 0. The van der Waals surface area contributed by atoms with Crippen molar-refractivity contribution in [2.75, 3.05) is 26.4 Å². The lowest BCUT2D eigenvalue weighted by Crippen LogP contribution is -1.83. The Labute approximate surface area is 561 Å². The molecule has 0 spiro atoms. The average Bonchev–Trinajstić information content (AvgIpc) is 1.62. The number of hydrogen-bond donors (Lipinski definition) is 8. The van der Waals surface area contributed by atoms with Crippen molar-refractivity contribution in [3.8, 4) is 91.1 Å². The van der Waals surface area contributed by atoms with Crippen molar-refractivity contribution in [2.24, 2.45) is 0 Å². The molecule has 16 bridgehead atoms. The Balaban J connectivity index is 0.000000151. The molecule has 0 saturated carbocycles. The second kappa shape index (κ2) is 29.9. The number of aromatic amines is 4. The third-order valence-electron chi connectivity index (χ3n) is 15.8. The van der Waals surface area contributed by atoms with Crippen LogP contribution in [0.4, 0.5) is 0 Å². The van der Waals surface area contributed by atoms with E-state index in [0.29, 0.717) is 118 Å². The van der Waals surface area contributed by atoms with E-state index in [9.17, 15) is 0 Å². The fraction of sp³-hybridized carbons (Fsp3) is 0.158. The van der Waals surface area contributed by atoms with Gasteiger partial charge in [0.1, 0.15) is 45.2 Å². The van der Waals surface area contributed by atoms with E-state index in [4.69, 9.17) is 80.2 Å². The molecule has 18 rings (SSSR count). The molecule has 0 amide bonds. The summed E-state index contributed by atoms with van der Waals surface area (Å²) in [4.78, 5) is 73.5. The molecule has 14 aromatic rings. The van der Waals surface area contributed by atoms with E-state index in [-0.39, 0.29) is 11.0 Å². The molecule has 0 saturated heterocycles. The highest BCUT2D eigenvalue weighted by molar-refractivity contribution is 6.08. The van der Waals surface area contributed by atoms with Crippen LogP contribution in [0.25, 0.3) is 179 Å². The topological polar surface area (TPSA) is 299 Å². The van der Waals surface area contributed by atoms with Crippen LogP contribution >= 0.6 is 0 Å². The number of aliphatic hydroxyl groups excluding tert-OH is 4. The molecule has 0 fully saturated rings. The number of nitrogens with zero attached hydrogens (tertiary/aromatic N) is 12. The van der Waals surface area contributed by atoms with Gasteiger partial charge in [-0.1, -0.05) is 222 Å². The number of benzene rings is 8. The SMILES string of the molecule is CCCO.CCCO.CCCO.CCCO.[SiH4].c1ccc2c(c1)-c1nc-2nc2[nH]c(nc3nc(nc4[nH]c(n1)c1ccccc41)-c1ccccc1-3)c1ccccc21.c1ccc2c(c1)-c1nc-2nc2[nH]c(nc3nc(nc4[nH]c(n1)c1ccccc41)-c1ccccc1-3)c1ccccc21. The van der Waals surface area contributed by atoms with Crippen molar-refractivity contribution in [3.05, 3.63) is 194 Å². The monoisotopic (exact) mass is 1300 g/mol. The van der Waals surface area contributed by atoms with Gasteiger partial charge in [-0.25, -0.2) is 59.8 Å². The molecule has 4 aliphatic heterocycles. The van der Waals surface area contributed by atoms with Gasteiger partial charge in [-0.2, -0.15) is 0 Å². The molecule has 8 N–H and O–H groups in total.